The van der Waals surface area contributed by atoms with Gasteiger partial charge in [0.1, 0.15) is 0 Å². The lowest BCUT2D eigenvalue weighted by molar-refractivity contribution is -0.119. The molecule has 5 nitrogen and oxygen atoms in total. The molecule has 2 aromatic rings. The van der Waals surface area contributed by atoms with Crippen molar-refractivity contribution in [2.75, 3.05) is 17.7 Å². The highest BCUT2D eigenvalue weighted by molar-refractivity contribution is 9.10. The lowest BCUT2D eigenvalue weighted by Crippen LogP contribution is -2.21. The number of carbonyl (C=O) groups excluding carboxylic acids is 2. The summed E-state index contributed by atoms with van der Waals surface area (Å²) in [7, 11) is 0. The molecule has 0 unspecified atom stereocenters. The number of nitrogens with two attached hydrogens (primary N) is 1. The standard InChI is InChI=1S/C17H17BrN2O3/c1-10-5-11(2)7-13(6-10)20-16(21)9-23-17(22)14-8-12(18)3-4-15(14)19/h3-8H,9,19H2,1-2H3,(H,20,21). The van der Waals surface area contributed by atoms with Gasteiger partial charge in [-0.15, -0.1) is 0 Å². The zero-order valence-corrected chi connectivity index (χ0v) is 14.4. The van der Waals surface area contributed by atoms with E-state index in [-0.39, 0.29) is 12.2 Å². The molecule has 3 N–H and O–H groups in total. The molecular formula is C17H17BrN2O3. The zero-order valence-electron chi connectivity index (χ0n) is 12.9. The van der Waals surface area contributed by atoms with Crippen molar-refractivity contribution in [2.24, 2.45) is 0 Å². The van der Waals surface area contributed by atoms with Gasteiger partial charge in [-0.25, -0.2) is 4.79 Å². The predicted molar refractivity (Wildman–Crippen MR) is 93.4 cm³/mol. The van der Waals surface area contributed by atoms with Crippen LogP contribution in [-0.4, -0.2) is 18.5 Å². The van der Waals surface area contributed by atoms with Crippen molar-refractivity contribution in [3.63, 3.8) is 0 Å². The van der Waals surface area contributed by atoms with Gasteiger partial charge in [0, 0.05) is 15.8 Å². The first-order valence-corrected chi connectivity index (χ1v) is 7.75. The summed E-state index contributed by atoms with van der Waals surface area (Å²) in [5.74, 6) is -1.05. The van der Waals surface area contributed by atoms with Gasteiger partial charge >= 0.3 is 5.97 Å². The molecule has 0 atom stereocenters. The Hall–Kier alpha value is -2.34. The number of amides is 1. The van der Waals surface area contributed by atoms with Crippen molar-refractivity contribution < 1.29 is 14.3 Å². The number of ether oxygens (including phenoxy) is 1. The van der Waals surface area contributed by atoms with Crippen LogP contribution in [0, 0.1) is 13.8 Å². The molecule has 0 radical (unpaired) electrons. The summed E-state index contributed by atoms with van der Waals surface area (Å²) in [4.78, 5) is 23.9. The summed E-state index contributed by atoms with van der Waals surface area (Å²) in [6.07, 6.45) is 0. The van der Waals surface area contributed by atoms with Crippen molar-refractivity contribution in [3.8, 4) is 0 Å². The highest BCUT2D eigenvalue weighted by Crippen LogP contribution is 2.19. The minimum absolute atomic E-state index is 0.221. The average molecular weight is 377 g/mol. The maximum absolute atomic E-state index is 12.0. The lowest BCUT2D eigenvalue weighted by Gasteiger charge is -2.09. The summed E-state index contributed by atoms with van der Waals surface area (Å²) in [6.45, 7) is 3.51. The summed E-state index contributed by atoms with van der Waals surface area (Å²) < 4.78 is 5.71. The maximum Gasteiger partial charge on any atom is 0.340 e. The smallest absolute Gasteiger partial charge is 0.340 e. The van der Waals surface area contributed by atoms with Crippen molar-refractivity contribution in [1.82, 2.24) is 0 Å². The fourth-order valence-corrected chi connectivity index (χ4v) is 2.52. The number of carbonyl (C=O) groups is 2. The molecule has 6 heteroatoms. The van der Waals surface area contributed by atoms with Crippen molar-refractivity contribution >= 4 is 39.2 Å². The van der Waals surface area contributed by atoms with E-state index in [1.807, 2.05) is 32.0 Å². The molecule has 1 amide bonds. The van der Waals surface area contributed by atoms with Crippen LogP contribution in [-0.2, 0) is 9.53 Å². The van der Waals surface area contributed by atoms with Gasteiger partial charge in [0.25, 0.3) is 5.91 Å². The Labute approximate surface area is 143 Å². The third kappa shape index (κ3) is 4.82. The molecule has 0 spiro atoms. The molecule has 0 bridgehead atoms. The van der Waals surface area contributed by atoms with Crippen molar-refractivity contribution in [2.45, 2.75) is 13.8 Å². The fraction of sp³-hybridized carbons (Fsp3) is 0.176. The van der Waals surface area contributed by atoms with E-state index in [1.165, 1.54) is 0 Å². The number of halogens is 1. The number of nitrogen functional groups attached to an aromatic ring is 1. The van der Waals surface area contributed by atoms with E-state index in [1.54, 1.807) is 18.2 Å². The molecule has 0 saturated heterocycles. The molecular weight excluding hydrogens is 360 g/mol. The molecule has 0 aliphatic rings. The lowest BCUT2D eigenvalue weighted by atomic mass is 10.1. The van der Waals surface area contributed by atoms with E-state index < -0.39 is 11.9 Å². The quantitative estimate of drug-likeness (QED) is 0.632. The van der Waals surface area contributed by atoms with Crippen LogP contribution in [0.4, 0.5) is 11.4 Å². The first kappa shape index (κ1) is 17.0. The molecule has 2 aromatic carbocycles. The minimum atomic E-state index is -0.639. The van der Waals surface area contributed by atoms with Crippen LogP contribution in [0.2, 0.25) is 0 Å². The Morgan fingerprint density at radius 1 is 1.13 bits per heavy atom. The molecule has 2 rings (SSSR count). The van der Waals surface area contributed by atoms with Crippen LogP contribution in [0.3, 0.4) is 0 Å². The van der Waals surface area contributed by atoms with Crippen LogP contribution in [0.1, 0.15) is 21.5 Å². The third-order valence-corrected chi connectivity index (χ3v) is 3.57. The maximum atomic E-state index is 12.0. The predicted octanol–water partition coefficient (Wildman–Crippen LogP) is 3.44. The van der Waals surface area contributed by atoms with Gasteiger partial charge in [0.15, 0.2) is 6.61 Å². The first-order chi connectivity index (χ1) is 10.8. The fourth-order valence-electron chi connectivity index (χ4n) is 2.16. The van der Waals surface area contributed by atoms with Gasteiger partial charge in [-0.1, -0.05) is 22.0 Å². The van der Waals surface area contributed by atoms with E-state index in [4.69, 9.17) is 10.5 Å². The Morgan fingerprint density at radius 2 is 1.78 bits per heavy atom. The Kier molecular flexibility index (Phi) is 5.39. The van der Waals surface area contributed by atoms with Crippen molar-refractivity contribution in [1.29, 1.82) is 0 Å². The Morgan fingerprint density at radius 3 is 2.43 bits per heavy atom. The molecule has 0 heterocycles. The molecule has 0 aliphatic heterocycles. The van der Waals surface area contributed by atoms with E-state index in [2.05, 4.69) is 21.2 Å². The largest absolute Gasteiger partial charge is 0.452 e. The van der Waals surface area contributed by atoms with E-state index in [9.17, 15) is 9.59 Å². The van der Waals surface area contributed by atoms with Gasteiger partial charge in [0.2, 0.25) is 0 Å². The summed E-state index contributed by atoms with van der Waals surface area (Å²) in [6, 6.07) is 10.6. The van der Waals surface area contributed by atoms with Gasteiger partial charge in [-0.2, -0.15) is 0 Å². The molecule has 0 saturated carbocycles. The van der Waals surface area contributed by atoms with Crippen LogP contribution >= 0.6 is 15.9 Å². The van der Waals surface area contributed by atoms with Crippen LogP contribution in [0.5, 0.6) is 0 Å². The highest BCUT2D eigenvalue weighted by atomic mass is 79.9. The van der Waals surface area contributed by atoms with Crippen LogP contribution < -0.4 is 11.1 Å². The van der Waals surface area contributed by atoms with Crippen LogP contribution in [0.15, 0.2) is 40.9 Å². The van der Waals surface area contributed by atoms with E-state index in [0.29, 0.717) is 15.8 Å². The molecule has 0 aliphatic carbocycles. The molecule has 23 heavy (non-hydrogen) atoms. The topological polar surface area (TPSA) is 81.4 Å². The van der Waals surface area contributed by atoms with E-state index >= 15 is 0 Å². The molecule has 0 aromatic heterocycles. The summed E-state index contributed by atoms with van der Waals surface area (Å²) >= 11 is 3.26. The number of anilines is 2. The van der Waals surface area contributed by atoms with Crippen molar-refractivity contribution in [3.05, 3.63) is 57.6 Å². The van der Waals surface area contributed by atoms with Gasteiger partial charge < -0.3 is 15.8 Å². The average Bonchev–Trinajstić information content (AvgIpc) is 2.46. The first-order valence-electron chi connectivity index (χ1n) is 6.95. The zero-order chi connectivity index (χ0) is 17.0. The normalized spacial score (nSPS) is 10.2. The number of hydrogen-bond donors (Lipinski definition) is 2. The third-order valence-electron chi connectivity index (χ3n) is 3.08. The molecule has 0 fully saturated rings. The van der Waals surface area contributed by atoms with Gasteiger partial charge in [-0.05, 0) is 55.3 Å². The number of hydrogen-bond acceptors (Lipinski definition) is 4. The Bertz CT molecular complexity index is 739. The Balaban J connectivity index is 1.96. The number of esters is 1. The van der Waals surface area contributed by atoms with Gasteiger partial charge in [0.05, 0.1) is 5.56 Å². The van der Waals surface area contributed by atoms with Crippen LogP contribution in [0.25, 0.3) is 0 Å². The SMILES string of the molecule is Cc1cc(C)cc(NC(=O)COC(=O)c2cc(Br)ccc2N)c1. The number of nitrogens with one attached hydrogen (secondary N) is 1. The highest BCUT2D eigenvalue weighted by Gasteiger charge is 2.14. The number of aryl methyl sites for hydroxylation is 2. The van der Waals surface area contributed by atoms with Gasteiger partial charge in [-0.3, -0.25) is 4.79 Å². The monoisotopic (exact) mass is 376 g/mol. The second-order valence-electron chi connectivity index (χ2n) is 5.23. The minimum Gasteiger partial charge on any atom is -0.452 e. The summed E-state index contributed by atoms with van der Waals surface area (Å²) in [5, 5.41) is 2.70. The van der Waals surface area contributed by atoms with E-state index in [0.717, 1.165) is 11.1 Å². The number of benzene rings is 2. The molecule has 120 valence electrons. The second-order valence-corrected chi connectivity index (χ2v) is 6.15. The summed E-state index contributed by atoms with van der Waals surface area (Å²) in [5.41, 5.74) is 9.00. The second kappa shape index (κ2) is 7.28. The number of rotatable bonds is 4.